The SMILES string of the molecule is O=C(NC1CCCNC1)c1sc2cc(Cl)ccc2c1Cl. The third-order valence-electron chi connectivity index (χ3n) is 3.43. The minimum Gasteiger partial charge on any atom is -0.347 e. The van der Waals surface area contributed by atoms with Crippen LogP contribution in [0.5, 0.6) is 0 Å². The fourth-order valence-corrected chi connectivity index (χ4v) is 4.11. The Balaban J connectivity index is 1.85. The second kappa shape index (κ2) is 5.90. The molecule has 0 radical (unpaired) electrons. The van der Waals surface area contributed by atoms with Crippen LogP contribution in [0.1, 0.15) is 22.5 Å². The van der Waals surface area contributed by atoms with Crippen LogP contribution in [0.2, 0.25) is 10.0 Å². The number of thiophene rings is 1. The molecule has 1 aromatic heterocycles. The largest absolute Gasteiger partial charge is 0.347 e. The van der Waals surface area contributed by atoms with Crippen molar-refractivity contribution in [2.45, 2.75) is 18.9 Å². The summed E-state index contributed by atoms with van der Waals surface area (Å²) in [4.78, 5) is 12.9. The van der Waals surface area contributed by atoms with Gasteiger partial charge in [-0.3, -0.25) is 4.79 Å². The topological polar surface area (TPSA) is 41.1 Å². The second-order valence-electron chi connectivity index (χ2n) is 4.90. The third kappa shape index (κ3) is 2.79. The van der Waals surface area contributed by atoms with Crippen LogP contribution in [-0.2, 0) is 0 Å². The number of hydrogen-bond acceptors (Lipinski definition) is 3. The number of piperidine rings is 1. The number of carbonyl (C=O) groups is 1. The predicted octanol–water partition coefficient (Wildman–Crippen LogP) is 3.69. The number of fused-ring (bicyclic) bond motifs is 1. The van der Waals surface area contributed by atoms with Crippen molar-refractivity contribution in [2.24, 2.45) is 0 Å². The highest BCUT2D eigenvalue weighted by atomic mass is 35.5. The van der Waals surface area contributed by atoms with Gasteiger partial charge in [-0.1, -0.05) is 29.3 Å². The standard InChI is InChI=1S/C14H14Cl2N2OS/c15-8-3-4-10-11(6-8)20-13(12(10)16)14(19)18-9-2-1-5-17-7-9/h3-4,6,9,17H,1-2,5,7H2,(H,18,19). The lowest BCUT2D eigenvalue weighted by atomic mass is 10.1. The first kappa shape index (κ1) is 14.1. The Kier molecular flexibility index (Phi) is 4.17. The Hall–Kier alpha value is -0.810. The number of carbonyl (C=O) groups excluding carboxylic acids is 1. The zero-order valence-electron chi connectivity index (χ0n) is 10.7. The average Bonchev–Trinajstić information content (AvgIpc) is 2.76. The molecule has 2 heterocycles. The maximum absolute atomic E-state index is 12.3. The highest BCUT2D eigenvalue weighted by Gasteiger charge is 2.21. The zero-order chi connectivity index (χ0) is 14.1. The first-order valence-electron chi connectivity index (χ1n) is 6.54. The minimum atomic E-state index is -0.0963. The molecule has 106 valence electrons. The van der Waals surface area contributed by atoms with Crippen LogP contribution < -0.4 is 10.6 Å². The smallest absolute Gasteiger partial charge is 0.263 e. The normalized spacial score (nSPS) is 19.2. The van der Waals surface area contributed by atoms with Crippen LogP contribution in [0.4, 0.5) is 0 Å². The summed E-state index contributed by atoms with van der Waals surface area (Å²) in [6.45, 7) is 1.84. The number of benzene rings is 1. The highest BCUT2D eigenvalue weighted by molar-refractivity contribution is 7.21. The van der Waals surface area contributed by atoms with Crippen LogP contribution in [0.15, 0.2) is 18.2 Å². The summed E-state index contributed by atoms with van der Waals surface area (Å²) in [5, 5.41) is 8.37. The van der Waals surface area contributed by atoms with Crippen LogP contribution >= 0.6 is 34.5 Å². The van der Waals surface area contributed by atoms with Crippen molar-refractivity contribution < 1.29 is 4.79 Å². The summed E-state index contributed by atoms with van der Waals surface area (Å²) in [5.74, 6) is -0.0963. The number of halogens is 2. The summed E-state index contributed by atoms with van der Waals surface area (Å²) >= 11 is 13.7. The molecule has 3 rings (SSSR count). The van der Waals surface area contributed by atoms with E-state index in [1.807, 2.05) is 12.1 Å². The van der Waals surface area contributed by atoms with Gasteiger partial charge in [0.25, 0.3) is 5.91 Å². The van der Waals surface area contributed by atoms with Gasteiger partial charge in [0.15, 0.2) is 0 Å². The van der Waals surface area contributed by atoms with E-state index in [2.05, 4.69) is 10.6 Å². The van der Waals surface area contributed by atoms with Gasteiger partial charge in [0.05, 0.1) is 5.02 Å². The Labute approximate surface area is 131 Å². The molecule has 1 aliphatic heterocycles. The zero-order valence-corrected chi connectivity index (χ0v) is 13.0. The van der Waals surface area contributed by atoms with Crippen molar-refractivity contribution in [2.75, 3.05) is 13.1 Å². The van der Waals surface area contributed by atoms with E-state index in [9.17, 15) is 4.79 Å². The van der Waals surface area contributed by atoms with Crippen LogP contribution in [0, 0.1) is 0 Å². The lowest BCUT2D eigenvalue weighted by molar-refractivity contribution is 0.0935. The van der Waals surface area contributed by atoms with Crippen molar-refractivity contribution in [3.8, 4) is 0 Å². The molecular formula is C14H14Cl2N2OS. The fourth-order valence-electron chi connectivity index (χ4n) is 2.41. The van der Waals surface area contributed by atoms with Crippen molar-refractivity contribution in [1.82, 2.24) is 10.6 Å². The van der Waals surface area contributed by atoms with Gasteiger partial charge >= 0.3 is 0 Å². The van der Waals surface area contributed by atoms with Gasteiger partial charge in [0.1, 0.15) is 4.88 Å². The summed E-state index contributed by atoms with van der Waals surface area (Å²) in [6.07, 6.45) is 2.09. The monoisotopic (exact) mass is 328 g/mol. The molecule has 0 aliphatic carbocycles. The maximum Gasteiger partial charge on any atom is 0.263 e. The lowest BCUT2D eigenvalue weighted by Crippen LogP contribution is -2.45. The average molecular weight is 329 g/mol. The molecule has 20 heavy (non-hydrogen) atoms. The fraction of sp³-hybridized carbons (Fsp3) is 0.357. The van der Waals surface area contributed by atoms with Crippen LogP contribution in [-0.4, -0.2) is 25.0 Å². The molecule has 1 atom stereocenters. The molecule has 0 saturated carbocycles. The Morgan fingerprint density at radius 3 is 3.00 bits per heavy atom. The molecule has 1 unspecified atom stereocenters. The van der Waals surface area contributed by atoms with E-state index >= 15 is 0 Å². The van der Waals surface area contributed by atoms with E-state index < -0.39 is 0 Å². The van der Waals surface area contributed by atoms with Crippen molar-refractivity contribution in [3.63, 3.8) is 0 Å². The van der Waals surface area contributed by atoms with Crippen LogP contribution in [0.3, 0.4) is 0 Å². The molecule has 1 amide bonds. The molecule has 2 N–H and O–H groups in total. The van der Waals surface area contributed by atoms with E-state index in [1.165, 1.54) is 11.3 Å². The van der Waals surface area contributed by atoms with Crippen molar-refractivity contribution in [1.29, 1.82) is 0 Å². The molecule has 0 bridgehead atoms. The third-order valence-corrected chi connectivity index (χ3v) is 5.32. The number of nitrogens with one attached hydrogen (secondary N) is 2. The molecule has 2 aromatic rings. The molecule has 1 aromatic carbocycles. The summed E-state index contributed by atoms with van der Waals surface area (Å²) in [7, 11) is 0. The molecule has 1 fully saturated rings. The van der Waals surface area contributed by atoms with Gasteiger partial charge in [-0.05, 0) is 31.5 Å². The number of amides is 1. The Morgan fingerprint density at radius 1 is 1.40 bits per heavy atom. The van der Waals surface area contributed by atoms with Gasteiger partial charge < -0.3 is 10.6 Å². The van der Waals surface area contributed by atoms with Gasteiger partial charge in [0.2, 0.25) is 0 Å². The Morgan fingerprint density at radius 2 is 2.25 bits per heavy atom. The number of rotatable bonds is 2. The van der Waals surface area contributed by atoms with E-state index in [0.717, 1.165) is 36.0 Å². The quantitative estimate of drug-likeness (QED) is 0.882. The molecule has 0 spiro atoms. The summed E-state index contributed by atoms with van der Waals surface area (Å²) in [6, 6.07) is 5.66. The van der Waals surface area contributed by atoms with E-state index in [-0.39, 0.29) is 11.9 Å². The minimum absolute atomic E-state index is 0.0963. The van der Waals surface area contributed by atoms with Gasteiger partial charge in [-0.2, -0.15) is 0 Å². The van der Waals surface area contributed by atoms with Crippen LogP contribution in [0.25, 0.3) is 10.1 Å². The highest BCUT2D eigenvalue weighted by Crippen LogP contribution is 2.36. The van der Waals surface area contributed by atoms with E-state index in [0.29, 0.717) is 14.9 Å². The molecular weight excluding hydrogens is 315 g/mol. The summed E-state index contributed by atoms with van der Waals surface area (Å²) in [5.41, 5.74) is 0. The van der Waals surface area contributed by atoms with E-state index in [1.54, 1.807) is 6.07 Å². The molecule has 1 saturated heterocycles. The predicted molar refractivity (Wildman–Crippen MR) is 85.2 cm³/mol. The van der Waals surface area contributed by atoms with Crippen molar-refractivity contribution in [3.05, 3.63) is 33.1 Å². The van der Waals surface area contributed by atoms with Gasteiger partial charge in [-0.15, -0.1) is 11.3 Å². The number of hydrogen-bond donors (Lipinski definition) is 2. The molecule has 6 heteroatoms. The van der Waals surface area contributed by atoms with Gasteiger partial charge in [0, 0.05) is 27.7 Å². The van der Waals surface area contributed by atoms with E-state index in [4.69, 9.17) is 23.2 Å². The van der Waals surface area contributed by atoms with Gasteiger partial charge in [-0.25, -0.2) is 0 Å². The van der Waals surface area contributed by atoms with Crippen molar-refractivity contribution >= 4 is 50.5 Å². The Bertz CT molecular complexity index is 650. The second-order valence-corrected chi connectivity index (χ2v) is 6.77. The lowest BCUT2D eigenvalue weighted by Gasteiger charge is -2.23. The maximum atomic E-state index is 12.3. The first-order valence-corrected chi connectivity index (χ1v) is 8.11. The molecule has 3 nitrogen and oxygen atoms in total. The summed E-state index contributed by atoms with van der Waals surface area (Å²) < 4.78 is 0.939. The first-order chi connectivity index (χ1) is 9.65. The molecule has 1 aliphatic rings.